The van der Waals surface area contributed by atoms with Crippen LogP contribution >= 0.6 is 11.8 Å². The van der Waals surface area contributed by atoms with E-state index in [-0.39, 0.29) is 0 Å². The van der Waals surface area contributed by atoms with Gasteiger partial charge < -0.3 is 10.1 Å². The van der Waals surface area contributed by atoms with Crippen molar-refractivity contribution in [3.8, 4) is 5.88 Å². The maximum Gasteiger partial charge on any atom is 0.214 e. The molecule has 1 unspecified atom stereocenters. The van der Waals surface area contributed by atoms with Gasteiger partial charge in [-0.25, -0.2) is 4.98 Å². The van der Waals surface area contributed by atoms with E-state index in [0.29, 0.717) is 11.9 Å². The van der Waals surface area contributed by atoms with Crippen molar-refractivity contribution in [1.82, 2.24) is 4.98 Å². The summed E-state index contributed by atoms with van der Waals surface area (Å²) in [6.07, 6.45) is 1.75. The first kappa shape index (κ1) is 12.2. The molecule has 1 heterocycles. The molecular weight excluding hydrogens is 208 g/mol. The molecule has 0 aliphatic carbocycles. The standard InChI is InChI=1S/C11H18N2OS/c1-4-15-8-9(2)13-10-5-6-12-11(7-10)14-3/h5-7,9H,4,8H2,1-3H3,(H,12,13). The lowest BCUT2D eigenvalue weighted by Crippen LogP contribution is -2.18. The third-order valence-electron chi connectivity index (χ3n) is 1.93. The molecule has 1 aromatic rings. The minimum absolute atomic E-state index is 0.460. The van der Waals surface area contributed by atoms with Gasteiger partial charge in [0.25, 0.3) is 0 Å². The molecule has 1 N–H and O–H groups in total. The van der Waals surface area contributed by atoms with E-state index in [2.05, 4.69) is 24.1 Å². The fourth-order valence-corrected chi connectivity index (χ4v) is 1.90. The molecule has 1 rings (SSSR count). The van der Waals surface area contributed by atoms with Gasteiger partial charge in [-0.2, -0.15) is 11.8 Å². The zero-order valence-corrected chi connectivity index (χ0v) is 10.3. The molecular formula is C11H18N2OS. The summed E-state index contributed by atoms with van der Waals surface area (Å²) in [7, 11) is 1.63. The summed E-state index contributed by atoms with van der Waals surface area (Å²) in [5.41, 5.74) is 1.06. The van der Waals surface area contributed by atoms with Crippen molar-refractivity contribution in [2.45, 2.75) is 19.9 Å². The minimum Gasteiger partial charge on any atom is -0.481 e. The van der Waals surface area contributed by atoms with Crippen molar-refractivity contribution in [2.24, 2.45) is 0 Å². The van der Waals surface area contributed by atoms with Gasteiger partial charge in [0.05, 0.1) is 7.11 Å². The van der Waals surface area contributed by atoms with E-state index >= 15 is 0 Å². The molecule has 0 aliphatic heterocycles. The van der Waals surface area contributed by atoms with Gasteiger partial charge in [-0.05, 0) is 18.7 Å². The van der Waals surface area contributed by atoms with Crippen molar-refractivity contribution in [1.29, 1.82) is 0 Å². The van der Waals surface area contributed by atoms with E-state index in [4.69, 9.17) is 4.74 Å². The molecule has 0 saturated heterocycles. The molecule has 0 saturated carbocycles. The second-order valence-electron chi connectivity index (χ2n) is 3.29. The summed E-state index contributed by atoms with van der Waals surface area (Å²) in [6.45, 7) is 4.35. The largest absolute Gasteiger partial charge is 0.481 e. The summed E-state index contributed by atoms with van der Waals surface area (Å²) in [6, 6.07) is 4.32. The molecule has 0 aliphatic rings. The molecule has 1 atom stereocenters. The number of pyridine rings is 1. The summed E-state index contributed by atoms with van der Waals surface area (Å²) >= 11 is 1.94. The monoisotopic (exact) mass is 226 g/mol. The second-order valence-corrected chi connectivity index (χ2v) is 4.61. The number of nitrogens with zero attached hydrogens (tertiary/aromatic N) is 1. The average molecular weight is 226 g/mol. The molecule has 1 aromatic heterocycles. The van der Waals surface area contributed by atoms with Crippen molar-refractivity contribution in [2.75, 3.05) is 23.9 Å². The SMILES string of the molecule is CCSCC(C)Nc1ccnc(OC)c1. The van der Waals surface area contributed by atoms with E-state index in [9.17, 15) is 0 Å². The van der Waals surface area contributed by atoms with Crippen LogP contribution in [0.1, 0.15) is 13.8 Å². The Kier molecular flexibility index (Phi) is 5.32. The van der Waals surface area contributed by atoms with Crippen LogP contribution in [0.3, 0.4) is 0 Å². The molecule has 0 amide bonds. The summed E-state index contributed by atoms with van der Waals surface area (Å²) in [5, 5.41) is 3.41. The predicted octanol–water partition coefficient (Wildman–Crippen LogP) is 2.64. The van der Waals surface area contributed by atoms with Gasteiger partial charge in [-0.15, -0.1) is 0 Å². The highest BCUT2D eigenvalue weighted by Gasteiger charge is 2.02. The van der Waals surface area contributed by atoms with E-state index in [1.165, 1.54) is 0 Å². The van der Waals surface area contributed by atoms with Crippen LogP contribution in [0.25, 0.3) is 0 Å². The third-order valence-corrected chi connectivity index (χ3v) is 3.07. The molecule has 84 valence electrons. The van der Waals surface area contributed by atoms with Crippen LogP contribution in [0, 0.1) is 0 Å². The van der Waals surface area contributed by atoms with Gasteiger partial charge in [0, 0.05) is 29.7 Å². The van der Waals surface area contributed by atoms with Gasteiger partial charge in [0.15, 0.2) is 0 Å². The Hall–Kier alpha value is -0.900. The molecule has 0 radical (unpaired) electrons. The Labute approximate surface area is 95.6 Å². The number of hydrogen-bond acceptors (Lipinski definition) is 4. The van der Waals surface area contributed by atoms with Crippen molar-refractivity contribution < 1.29 is 4.74 Å². The molecule has 3 nitrogen and oxygen atoms in total. The van der Waals surface area contributed by atoms with Gasteiger partial charge in [0.2, 0.25) is 5.88 Å². The van der Waals surface area contributed by atoms with Crippen LogP contribution in [0.4, 0.5) is 5.69 Å². The smallest absolute Gasteiger partial charge is 0.214 e. The molecule has 0 spiro atoms. The number of ether oxygens (including phenoxy) is 1. The zero-order chi connectivity index (χ0) is 11.1. The van der Waals surface area contributed by atoms with E-state index in [1.807, 2.05) is 23.9 Å². The van der Waals surface area contributed by atoms with Crippen molar-refractivity contribution >= 4 is 17.4 Å². The first-order valence-corrected chi connectivity index (χ1v) is 6.26. The number of rotatable bonds is 6. The molecule has 4 heteroatoms. The quantitative estimate of drug-likeness (QED) is 0.808. The highest BCUT2D eigenvalue weighted by molar-refractivity contribution is 7.99. The highest BCUT2D eigenvalue weighted by Crippen LogP contribution is 2.15. The first-order chi connectivity index (χ1) is 7.26. The third kappa shape index (κ3) is 4.42. The maximum absolute atomic E-state index is 5.06. The van der Waals surface area contributed by atoms with Gasteiger partial charge in [-0.3, -0.25) is 0 Å². The molecule has 0 aromatic carbocycles. The number of anilines is 1. The molecule has 0 bridgehead atoms. The lowest BCUT2D eigenvalue weighted by Gasteiger charge is -2.14. The molecule has 15 heavy (non-hydrogen) atoms. The van der Waals surface area contributed by atoms with Gasteiger partial charge >= 0.3 is 0 Å². The second kappa shape index (κ2) is 6.56. The van der Waals surface area contributed by atoms with Gasteiger partial charge in [-0.1, -0.05) is 6.92 Å². The zero-order valence-electron chi connectivity index (χ0n) is 9.49. The van der Waals surface area contributed by atoms with Crippen LogP contribution < -0.4 is 10.1 Å². The Morgan fingerprint density at radius 3 is 3.07 bits per heavy atom. The van der Waals surface area contributed by atoms with Crippen molar-refractivity contribution in [3.63, 3.8) is 0 Å². The Morgan fingerprint density at radius 2 is 2.40 bits per heavy atom. The topological polar surface area (TPSA) is 34.2 Å². The number of methoxy groups -OCH3 is 1. The number of nitrogens with one attached hydrogen (secondary N) is 1. The number of thioether (sulfide) groups is 1. The van der Waals surface area contributed by atoms with Crippen LogP contribution in [-0.4, -0.2) is 29.6 Å². The highest BCUT2D eigenvalue weighted by atomic mass is 32.2. The fraction of sp³-hybridized carbons (Fsp3) is 0.545. The Bertz CT molecular complexity index is 294. The first-order valence-electron chi connectivity index (χ1n) is 5.10. The summed E-state index contributed by atoms with van der Waals surface area (Å²) in [5.74, 6) is 2.92. The number of aromatic nitrogens is 1. The maximum atomic E-state index is 5.06. The van der Waals surface area contributed by atoms with E-state index in [1.54, 1.807) is 13.3 Å². The van der Waals surface area contributed by atoms with Crippen molar-refractivity contribution in [3.05, 3.63) is 18.3 Å². The van der Waals surface area contributed by atoms with Crippen LogP contribution in [0.15, 0.2) is 18.3 Å². The Morgan fingerprint density at radius 1 is 1.60 bits per heavy atom. The lowest BCUT2D eigenvalue weighted by molar-refractivity contribution is 0.398. The normalized spacial score (nSPS) is 12.2. The average Bonchev–Trinajstić information content (AvgIpc) is 2.26. The van der Waals surface area contributed by atoms with Crippen LogP contribution in [0.5, 0.6) is 5.88 Å². The molecule has 0 fully saturated rings. The van der Waals surface area contributed by atoms with E-state index in [0.717, 1.165) is 17.2 Å². The van der Waals surface area contributed by atoms with E-state index < -0.39 is 0 Å². The summed E-state index contributed by atoms with van der Waals surface area (Å²) in [4.78, 5) is 4.06. The lowest BCUT2D eigenvalue weighted by atomic mass is 10.3. The number of hydrogen-bond donors (Lipinski definition) is 1. The Balaban J connectivity index is 2.48. The predicted molar refractivity (Wildman–Crippen MR) is 66.9 cm³/mol. The van der Waals surface area contributed by atoms with Gasteiger partial charge in [0.1, 0.15) is 0 Å². The minimum atomic E-state index is 0.460. The fourth-order valence-electron chi connectivity index (χ4n) is 1.23. The van der Waals surface area contributed by atoms with Crippen LogP contribution in [0.2, 0.25) is 0 Å². The van der Waals surface area contributed by atoms with Crippen LogP contribution in [-0.2, 0) is 0 Å². The summed E-state index contributed by atoms with van der Waals surface area (Å²) < 4.78 is 5.06.